The zero-order chi connectivity index (χ0) is 14.2. The molecule has 2 aromatic heterocycles. The summed E-state index contributed by atoms with van der Waals surface area (Å²) < 4.78 is 2.15. The maximum atomic E-state index is 4.63. The Morgan fingerprint density at radius 1 is 1.29 bits per heavy atom. The van der Waals surface area contributed by atoms with Crippen LogP contribution in [0.25, 0.3) is 0 Å². The first kappa shape index (κ1) is 18.0. The summed E-state index contributed by atoms with van der Waals surface area (Å²) in [5.74, 6) is 0.882. The normalized spacial score (nSPS) is 11.0. The SMILES string of the molecule is CCNC(=NCc1sccc1C)NCCn1cccc1.I. The molecule has 0 amide bonds. The topological polar surface area (TPSA) is 41.4 Å². The van der Waals surface area contributed by atoms with Crippen molar-refractivity contribution in [1.29, 1.82) is 0 Å². The van der Waals surface area contributed by atoms with Gasteiger partial charge in [0.2, 0.25) is 0 Å². The third-order valence-electron chi connectivity index (χ3n) is 3.02. The number of hydrogen-bond donors (Lipinski definition) is 2. The smallest absolute Gasteiger partial charge is 0.191 e. The first-order chi connectivity index (χ1) is 9.79. The molecule has 0 bridgehead atoms. The van der Waals surface area contributed by atoms with Crippen LogP contribution in [0.2, 0.25) is 0 Å². The van der Waals surface area contributed by atoms with Crippen LogP contribution < -0.4 is 10.6 Å². The predicted octanol–water partition coefficient (Wildman–Crippen LogP) is 3.23. The van der Waals surface area contributed by atoms with Crippen LogP contribution in [-0.4, -0.2) is 23.6 Å². The van der Waals surface area contributed by atoms with Crippen molar-refractivity contribution in [2.75, 3.05) is 13.1 Å². The van der Waals surface area contributed by atoms with Crippen LogP contribution in [0.5, 0.6) is 0 Å². The average Bonchev–Trinajstić information content (AvgIpc) is 3.08. The molecule has 6 heteroatoms. The fourth-order valence-corrected chi connectivity index (χ4v) is 2.71. The second-order valence-electron chi connectivity index (χ2n) is 4.57. The van der Waals surface area contributed by atoms with E-state index in [9.17, 15) is 0 Å². The molecule has 4 nitrogen and oxygen atoms in total. The third-order valence-corrected chi connectivity index (χ3v) is 4.03. The highest BCUT2D eigenvalue weighted by atomic mass is 127. The summed E-state index contributed by atoms with van der Waals surface area (Å²) >= 11 is 1.76. The maximum absolute atomic E-state index is 4.63. The number of aliphatic imine (C=N–C) groups is 1. The van der Waals surface area contributed by atoms with Crippen LogP contribution in [0.4, 0.5) is 0 Å². The fourth-order valence-electron chi connectivity index (χ4n) is 1.88. The van der Waals surface area contributed by atoms with Crippen LogP contribution in [0.1, 0.15) is 17.4 Å². The van der Waals surface area contributed by atoms with Gasteiger partial charge in [-0.15, -0.1) is 35.3 Å². The van der Waals surface area contributed by atoms with E-state index in [1.165, 1.54) is 10.4 Å². The fraction of sp³-hybridized carbons (Fsp3) is 0.400. The molecule has 2 aromatic rings. The van der Waals surface area contributed by atoms with Gasteiger partial charge in [-0.1, -0.05) is 0 Å². The monoisotopic (exact) mass is 418 g/mol. The molecule has 0 saturated carbocycles. The lowest BCUT2D eigenvalue weighted by atomic mass is 10.3. The Morgan fingerprint density at radius 2 is 2.05 bits per heavy atom. The second-order valence-corrected chi connectivity index (χ2v) is 5.57. The predicted molar refractivity (Wildman–Crippen MR) is 102 cm³/mol. The van der Waals surface area contributed by atoms with E-state index in [0.717, 1.165) is 32.1 Å². The molecular weight excluding hydrogens is 395 g/mol. The number of rotatable bonds is 6. The summed E-state index contributed by atoms with van der Waals surface area (Å²) in [4.78, 5) is 5.96. The Morgan fingerprint density at radius 3 is 2.67 bits per heavy atom. The maximum Gasteiger partial charge on any atom is 0.191 e. The second kappa shape index (κ2) is 9.83. The molecule has 0 unspecified atom stereocenters. The number of aromatic nitrogens is 1. The quantitative estimate of drug-likeness (QED) is 0.430. The van der Waals surface area contributed by atoms with E-state index in [1.54, 1.807) is 11.3 Å². The van der Waals surface area contributed by atoms with Crippen molar-refractivity contribution in [2.24, 2.45) is 4.99 Å². The van der Waals surface area contributed by atoms with Crippen LogP contribution in [0.3, 0.4) is 0 Å². The van der Waals surface area contributed by atoms with Crippen LogP contribution in [0.15, 0.2) is 41.0 Å². The van der Waals surface area contributed by atoms with Crippen molar-refractivity contribution in [3.63, 3.8) is 0 Å². The Labute approximate surface area is 147 Å². The Hall–Kier alpha value is -1.02. The van der Waals surface area contributed by atoms with Crippen LogP contribution >= 0.6 is 35.3 Å². The minimum atomic E-state index is 0. The molecule has 21 heavy (non-hydrogen) atoms. The lowest BCUT2D eigenvalue weighted by Gasteiger charge is -2.11. The zero-order valence-corrected chi connectivity index (χ0v) is 15.7. The largest absolute Gasteiger partial charge is 0.357 e. The summed E-state index contributed by atoms with van der Waals surface area (Å²) in [6, 6.07) is 6.22. The standard InChI is InChI=1S/C15H22N4S.HI/c1-3-16-15(17-7-10-19-8-4-5-9-19)18-12-14-13(2)6-11-20-14;/h4-6,8-9,11H,3,7,10,12H2,1-2H3,(H2,16,17,18);1H. The van der Waals surface area contributed by atoms with Crippen molar-refractivity contribution in [3.05, 3.63) is 46.4 Å². The number of nitrogens with zero attached hydrogens (tertiary/aromatic N) is 2. The van der Waals surface area contributed by atoms with E-state index in [0.29, 0.717) is 0 Å². The minimum Gasteiger partial charge on any atom is -0.357 e. The van der Waals surface area contributed by atoms with Crippen molar-refractivity contribution < 1.29 is 0 Å². The first-order valence-electron chi connectivity index (χ1n) is 6.95. The van der Waals surface area contributed by atoms with Gasteiger partial charge in [0.25, 0.3) is 0 Å². The highest BCUT2D eigenvalue weighted by molar-refractivity contribution is 14.0. The highest BCUT2D eigenvalue weighted by Crippen LogP contribution is 2.16. The summed E-state index contributed by atoms with van der Waals surface area (Å²) in [5.41, 5.74) is 1.32. The van der Waals surface area contributed by atoms with E-state index in [2.05, 4.69) is 57.9 Å². The molecule has 0 aliphatic carbocycles. The van der Waals surface area contributed by atoms with Gasteiger partial charge < -0.3 is 15.2 Å². The number of thiophene rings is 1. The van der Waals surface area contributed by atoms with Gasteiger partial charge in [0.1, 0.15) is 0 Å². The highest BCUT2D eigenvalue weighted by Gasteiger charge is 2.00. The van der Waals surface area contributed by atoms with E-state index in [-0.39, 0.29) is 24.0 Å². The molecule has 0 aromatic carbocycles. The van der Waals surface area contributed by atoms with Gasteiger partial charge >= 0.3 is 0 Å². The van der Waals surface area contributed by atoms with Crippen molar-refractivity contribution in [3.8, 4) is 0 Å². The van der Waals surface area contributed by atoms with Crippen LogP contribution in [-0.2, 0) is 13.1 Å². The third kappa shape index (κ3) is 6.09. The van der Waals surface area contributed by atoms with Gasteiger partial charge in [-0.25, -0.2) is 4.99 Å². The summed E-state index contributed by atoms with van der Waals surface area (Å²) in [7, 11) is 0. The Kier molecular flexibility index (Phi) is 8.44. The van der Waals surface area contributed by atoms with E-state index in [4.69, 9.17) is 0 Å². The van der Waals surface area contributed by atoms with Gasteiger partial charge in [0.15, 0.2) is 5.96 Å². The van der Waals surface area contributed by atoms with E-state index >= 15 is 0 Å². The first-order valence-corrected chi connectivity index (χ1v) is 7.83. The number of hydrogen-bond acceptors (Lipinski definition) is 2. The Bertz CT molecular complexity index is 534. The summed E-state index contributed by atoms with van der Waals surface area (Å²) in [5, 5.41) is 8.76. The van der Waals surface area contributed by atoms with Gasteiger partial charge in [-0.2, -0.15) is 0 Å². The number of aryl methyl sites for hydroxylation is 1. The van der Waals surface area contributed by atoms with Gasteiger partial charge in [-0.05, 0) is 43.0 Å². The lowest BCUT2D eigenvalue weighted by molar-refractivity contribution is 0.666. The van der Waals surface area contributed by atoms with Crippen LogP contribution in [0, 0.1) is 6.92 Å². The van der Waals surface area contributed by atoms with Crippen molar-refractivity contribution >= 4 is 41.3 Å². The number of nitrogens with one attached hydrogen (secondary N) is 2. The molecule has 0 atom stereocenters. The Balaban J connectivity index is 0.00000220. The molecular formula is C15H23IN4S. The summed E-state index contributed by atoms with van der Waals surface area (Å²) in [6.45, 7) is 7.63. The van der Waals surface area contributed by atoms with Gasteiger partial charge in [0.05, 0.1) is 6.54 Å². The van der Waals surface area contributed by atoms with Crippen molar-refractivity contribution in [1.82, 2.24) is 15.2 Å². The molecule has 0 aliphatic rings. The molecule has 116 valence electrons. The molecule has 0 spiro atoms. The van der Waals surface area contributed by atoms with Crippen molar-refractivity contribution in [2.45, 2.75) is 26.9 Å². The number of guanidine groups is 1. The lowest BCUT2D eigenvalue weighted by Crippen LogP contribution is -2.38. The number of halogens is 1. The van der Waals surface area contributed by atoms with E-state index in [1.807, 2.05) is 12.1 Å². The van der Waals surface area contributed by atoms with Gasteiger partial charge in [-0.3, -0.25) is 0 Å². The molecule has 0 saturated heterocycles. The zero-order valence-electron chi connectivity index (χ0n) is 12.5. The molecule has 0 fully saturated rings. The molecule has 2 heterocycles. The molecule has 0 radical (unpaired) electrons. The summed E-state index contributed by atoms with van der Waals surface area (Å²) in [6.07, 6.45) is 4.14. The minimum absolute atomic E-state index is 0. The van der Waals surface area contributed by atoms with E-state index < -0.39 is 0 Å². The molecule has 2 N–H and O–H groups in total. The molecule has 0 aliphatic heterocycles. The molecule has 2 rings (SSSR count). The average molecular weight is 418 g/mol. The van der Waals surface area contributed by atoms with Gasteiger partial charge in [0, 0.05) is 36.9 Å².